The second kappa shape index (κ2) is 5.36. The lowest BCUT2D eigenvalue weighted by Crippen LogP contribution is -2.34. The van der Waals surface area contributed by atoms with Gasteiger partial charge in [-0.05, 0) is 40.2 Å². The Labute approximate surface area is 108 Å². The van der Waals surface area contributed by atoms with E-state index in [2.05, 4.69) is 36.4 Å². The Bertz CT molecular complexity index is 363. The molecule has 1 fully saturated rings. The van der Waals surface area contributed by atoms with E-state index in [0.29, 0.717) is 18.1 Å². The predicted octanol–water partition coefficient (Wildman–Crippen LogP) is 3.19. The summed E-state index contributed by atoms with van der Waals surface area (Å²) in [5.74, 6) is 0. The van der Waals surface area contributed by atoms with Gasteiger partial charge in [0.05, 0.1) is 5.69 Å². The summed E-state index contributed by atoms with van der Waals surface area (Å²) >= 11 is 1.79. The van der Waals surface area contributed by atoms with Crippen molar-refractivity contribution in [1.29, 1.82) is 0 Å². The molecule has 0 amide bonds. The number of hydrogen-bond donors (Lipinski definition) is 1. The number of thiazole rings is 1. The van der Waals surface area contributed by atoms with Gasteiger partial charge in [-0.2, -0.15) is 0 Å². The van der Waals surface area contributed by atoms with Gasteiger partial charge in [0.15, 0.2) is 5.13 Å². The second-order valence-corrected chi connectivity index (χ2v) is 5.80. The molecule has 2 heterocycles. The molecule has 1 N–H and O–H groups in total. The van der Waals surface area contributed by atoms with Crippen LogP contribution in [0.5, 0.6) is 0 Å². The highest BCUT2D eigenvalue weighted by Crippen LogP contribution is 2.34. The van der Waals surface area contributed by atoms with Gasteiger partial charge in [-0.15, -0.1) is 11.3 Å². The third-order valence-electron chi connectivity index (χ3n) is 3.86. The van der Waals surface area contributed by atoms with E-state index in [1.165, 1.54) is 30.1 Å². The fourth-order valence-corrected chi connectivity index (χ4v) is 3.65. The summed E-state index contributed by atoms with van der Waals surface area (Å²) in [7, 11) is 1.98. The number of nitrogens with one attached hydrogen (secondary N) is 1. The first-order valence-corrected chi connectivity index (χ1v) is 7.46. The van der Waals surface area contributed by atoms with E-state index >= 15 is 0 Å². The molecule has 4 heteroatoms. The zero-order chi connectivity index (χ0) is 12.4. The van der Waals surface area contributed by atoms with Crippen molar-refractivity contribution in [2.45, 2.75) is 58.2 Å². The van der Waals surface area contributed by atoms with Gasteiger partial charge in [-0.25, -0.2) is 4.98 Å². The second-order valence-electron chi connectivity index (χ2n) is 4.96. The average Bonchev–Trinajstić information content (AvgIpc) is 2.93. The van der Waals surface area contributed by atoms with Gasteiger partial charge in [-0.1, -0.05) is 6.92 Å². The van der Waals surface area contributed by atoms with Crippen LogP contribution in [0.15, 0.2) is 5.38 Å². The van der Waals surface area contributed by atoms with Crippen LogP contribution in [0, 0.1) is 0 Å². The van der Waals surface area contributed by atoms with Crippen LogP contribution >= 0.6 is 11.3 Å². The first-order valence-electron chi connectivity index (χ1n) is 6.58. The maximum atomic E-state index is 4.79. The average molecular weight is 253 g/mol. The number of rotatable bonds is 4. The van der Waals surface area contributed by atoms with Crippen molar-refractivity contribution in [3.63, 3.8) is 0 Å². The quantitative estimate of drug-likeness (QED) is 0.893. The van der Waals surface area contributed by atoms with Crippen molar-refractivity contribution in [2.24, 2.45) is 0 Å². The highest BCUT2D eigenvalue weighted by atomic mass is 32.1. The van der Waals surface area contributed by atoms with Crippen LogP contribution in [0.3, 0.4) is 0 Å². The number of anilines is 1. The van der Waals surface area contributed by atoms with Crippen LogP contribution in [0.2, 0.25) is 0 Å². The van der Waals surface area contributed by atoms with Crippen LogP contribution in [-0.2, 0) is 0 Å². The van der Waals surface area contributed by atoms with Crippen LogP contribution in [0.4, 0.5) is 5.13 Å². The minimum atomic E-state index is 0.345. The monoisotopic (exact) mass is 253 g/mol. The molecule has 2 rings (SSSR count). The molecule has 0 spiro atoms. The first-order chi connectivity index (χ1) is 8.17. The summed E-state index contributed by atoms with van der Waals surface area (Å²) in [6.07, 6.45) is 3.84. The third kappa shape index (κ3) is 2.47. The topological polar surface area (TPSA) is 28.2 Å². The molecule has 0 radical (unpaired) electrons. The molecule has 1 aliphatic heterocycles. The van der Waals surface area contributed by atoms with Gasteiger partial charge in [0.25, 0.3) is 0 Å². The van der Waals surface area contributed by atoms with Crippen molar-refractivity contribution in [1.82, 2.24) is 10.3 Å². The smallest absolute Gasteiger partial charge is 0.186 e. The van der Waals surface area contributed by atoms with Crippen LogP contribution in [0.25, 0.3) is 0 Å². The van der Waals surface area contributed by atoms with Gasteiger partial charge < -0.3 is 10.2 Å². The van der Waals surface area contributed by atoms with E-state index in [1.54, 1.807) is 11.3 Å². The summed E-state index contributed by atoms with van der Waals surface area (Å²) < 4.78 is 0. The minimum Gasteiger partial charge on any atom is -0.342 e. The Morgan fingerprint density at radius 1 is 1.59 bits per heavy atom. The van der Waals surface area contributed by atoms with E-state index in [1.807, 2.05) is 7.05 Å². The lowest BCUT2D eigenvalue weighted by Gasteiger charge is -2.27. The largest absolute Gasteiger partial charge is 0.342 e. The van der Waals surface area contributed by atoms with Crippen LogP contribution in [0.1, 0.15) is 51.8 Å². The summed E-state index contributed by atoms with van der Waals surface area (Å²) in [6.45, 7) is 6.75. The Morgan fingerprint density at radius 3 is 3.00 bits per heavy atom. The lowest BCUT2D eigenvalue weighted by molar-refractivity contribution is 0.614. The van der Waals surface area contributed by atoms with E-state index in [4.69, 9.17) is 4.98 Å². The summed E-state index contributed by atoms with van der Waals surface area (Å²) in [5.41, 5.74) is 1.17. The minimum absolute atomic E-state index is 0.345. The molecule has 1 aromatic heterocycles. The van der Waals surface area contributed by atoms with Crippen molar-refractivity contribution < 1.29 is 0 Å². The molecule has 1 aliphatic rings. The summed E-state index contributed by atoms with van der Waals surface area (Å²) in [4.78, 5) is 7.32. The standard InChI is InChI=1S/C13H23N3S/c1-5-11-7-6-9(2)16(11)13-15-12(8-17-13)10(3)14-4/h8-11,14H,5-7H2,1-4H3. The number of nitrogens with zero attached hydrogens (tertiary/aromatic N) is 2. The molecule has 0 bridgehead atoms. The molecular weight excluding hydrogens is 230 g/mol. The summed E-state index contributed by atoms with van der Waals surface area (Å²) in [5, 5.41) is 6.64. The molecule has 0 saturated carbocycles. The molecule has 3 atom stereocenters. The van der Waals surface area contributed by atoms with Gasteiger partial charge in [-0.3, -0.25) is 0 Å². The number of hydrogen-bond acceptors (Lipinski definition) is 4. The van der Waals surface area contributed by atoms with E-state index in [-0.39, 0.29) is 0 Å². The predicted molar refractivity (Wildman–Crippen MR) is 74.8 cm³/mol. The normalized spacial score (nSPS) is 26.5. The van der Waals surface area contributed by atoms with Crippen molar-refractivity contribution in [2.75, 3.05) is 11.9 Å². The third-order valence-corrected chi connectivity index (χ3v) is 4.74. The molecule has 3 nitrogen and oxygen atoms in total. The molecule has 0 aliphatic carbocycles. The molecule has 1 aromatic rings. The SMILES string of the molecule is CCC1CCC(C)N1c1nc(C(C)NC)cs1. The van der Waals surface area contributed by atoms with Gasteiger partial charge >= 0.3 is 0 Å². The maximum Gasteiger partial charge on any atom is 0.186 e. The zero-order valence-corrected chi connectivity index (χ0v) is 12.0. The van der Waals surface area contributed by atoms with Gasteiger partial charge in [0.2, 0.25) is 0 Å². The Hall–Kier alpha value is -0.610. The van der Waals surface area contributed by atoms with Gasteiger partial charge in [0.1, 0.15) is 0 Å². The highest BCUT2D eigenvalue weighted by molar-refractivity contribution is 7.13. The summed E-state index contributed by atoms with van der Waals surface area (Å²) in [6, 6.07) is 1.68. The molecule has 3 unspecified atom stereocenters. The molecule has 0 aromatic carbocycles. The zero-order valence-electron chi connectivity index (χ0n) is 11.2. The molecule has 1 saturated heterocycles. The molecular formula is C13H23N3S. The van der Waals surface area contributed by atoms with Gasteiger partial charge in [0, 0.05) is 23.5 Å². The van der Waals surface area contributed by atoms with Crippen molar-refractivity contribution in [3.8, 4) is 0 Å². The number of aromatic nitrogens is 1. The van der Waals surface area contributed by atoms with Crippen LogP contribution < -0.4 is 10.2 Å². The Morgan fingerprint density at radius 2 is 2.35 bits per heavy atom. The van der Waals surface area contributed by atoms with Crippen molar-refractivity contribution in [3.05, 3.63) is 11.1 Å². The van der Waals surface area contributed by atoms with E-state index < -0.39 is 0 Å². The van der Waals surface area contributed by atoms with Crippen LogP contribution in [-0.4, -0.2) is 24.1 Å². The molecule has 17 heavy (non-hydrogen) atoms. The van der Waals surface area contributed by atoms with E-state index in [0.717, 1.165) is 0 Å². The fourth-order valence-electron chi connectivity index (χ4n) is 2.56. The highest BCUT2D eigenvalue weighted by Gasteiger charge is 2.31. The van der Waals surface area contributed by atoms with Crippen molar-refractivity contribution >= 4 is 16.5 Å². The maximum absolute atomic E-state index is 4.79. The Kier molecular flexibility index (Phi) is 4.05. The lowest BCUT2D eigenvalue weighted by atomic mass is 10.2. The Balaban J connectivity index is 2.18. The first kappa shape index (κ1) is 12.8. The van der Waals surface area contributed by atoms with E-state index in [9.17, 15) is 0 Å². The molecule has 96 valence electrons. The fraction of sp³-hybridized carbons (Fsp3) is 0.769.